The van der Waals surface area contributed by atoms with Crippen LogP contribution in [-0.2, 0) is 4.57 Å². The van der Waals surface area contributed by atoms with Gasteiger partial charge in [-0.05, 0) is 42.3 Å². The van der Waals surface area contributed by atoms with Crippen molar-refractivity contribution in [2.75, 3.05) is 42.3 Å². The molecule has 0 saturated heterocycles. The Kier molecular flexibility index (Phi) is 9.69. The van der Waals surface area contributed by atoms with E-state index < -0.39 is 23.7 Å². The van der Waals surface area contributed by atoms with Crippen molar-refractivity contribution in [3.05, 3.63) is 0 Å². The Balaban J connectivity index is 0. The number of nitrogens with zero attached hydrogens (tertiary/aromatic N) is 3. The van der Waals surface area contributed by atoms with Crippen molar-refractivity contribution in [2.45, 2.75) is 9.88 Å². The quantitative estimate of drug-likeness (QED) is 0.539. The summed E-state index contributed by atoms with van der Waals surface area (Å²) in [6.45, 7) is 0. The van der Waals surface area contributed by atoms with Gasteiger partial charge in [0.1, 0.15) is 0 Å². The molecule has 0 bridgehead atoms. The van der Waals surface area contributed by atoms with Gasteiger partial charge < -0.3 is 0 Å². The number of rotatable bonds is 3. The Labute approximate surface area is 112 Å². The topological polar surface area (TPSA) is 26.8 Å². The SMILES string of the molecule is CN(C)P(=O)(N(C)C)N(C)C.[CH3][Sn]([CH3])([Cl])[Cl]. The summed E-state index contributed by atoms with van der Waals surface area (Å²) in [6.07, 6.45) is 0. The molecule has 0 amide bonds. The molecule has 0 spiro atoms. The van der Waals surface area contributed by atoms with E-state index in [0.717, 1.165) is 0 Å². The average molecular weight is 399 g/mol. The summed E-state index contributed by atoms with van der Waals surface area (Å²) in [5.41, 5.74) is 0. The van der Waals surface area contributed by atoms with Crippen LogP contribution in [0.15, 0.2) is 0 Å². The fourth-order valence-corrected chi connectivity index (χ4v) is 3.22. The number of hydrogen-bond donors (Lipinski definition) is 0. The standard InChI is InChI=1S/C6H18N3OP.2CH3.2ClH.Sn/c1-7(2)11(10,8(3)4)9(5)6;;;;;/h1-6H3;2*1H3;2*1H;/q;;;;;+2/p-2. The molecule has 0 aromatic carbocycles. The number of halogens is 2. The Morgan fingerprint density at radius 2 is 0.938 bits per heavy atom. The molecule has 8 heteroatoms. The van der Waals surface area contributed by atoms with Crippen molar-refractivity contribution < 1.29 is 4.57 Å². The summed E-state index contributed by atoms with van der Waals surface area (Å²) in [7, 11) is 19.5. The average Bonchev–Trinajstić information content (AvgIpc) is 1.98. The first-order chi connectivity index (χ1) is 6.83. The molecule has 0 unspecified atom stereocenters. The van der Waals surface area contributed by atoms with Gasteiger partial charge in [-0.25, -0.2) is 14.0 Å². The van der Waals surface area contributed by atoms with Crippen molar-refractivity contribution in [1.82, 2.24) is 14.0 Å². The van der Waals surface area contributed by atoms with Gasteiger partial charge >= 0.3 is 43.8 Å². The predicted octanol–water partition coefficient (Wildman–Crippen LogP) is 2.95. The summed E-state index contributed by atoms with van der Waals surface area (Å²) in [6, 6.07) is 0. The Morgan fingerprint density at radius 1 is 0.812 bits per heavy atom. The van der Waals surface area contributed by atoms with E-state index in [9.17, 15) is 4.57 Å². The van der Waals surface area contributed by atoms with Crippen molar-refractivity contribution in [1.29, 1.82) is 0 Å². The zero-order valence-electron chi connectivity index (χ0n) is 11.5. The predicted molar refractivity (Wildman–Crippen MR) is 77.9 cm³/mol. The molecule has 100 valence electrons. The third-order valence-electron chi connectivity index (χ3n) is 1.56. The molecule has 4 nitrogen and oxygen atoms in total. The molecule has 0 N–H and O–H groups in total. The van der Waals surface area contributed by atoms with Crippen LogP contribution >= 0.6 is 25.4 Å². The first-order valence-corrected chi connectivity index (χ1v) is 19.3. The summed E-state index contributed by atoms with van der Waals surface area (Å²) >= 11 is -2.24. The van der Waals surface area contributed by atoms with Gasteiger partial charge in [-0.1, -0.05) is 0 Å². The summed E-state index contributed by atoms with van der Waals surface area (Å²) in [4.78, 5) is 3.86. The van der Waals surface area contributed by atoms with Crippen LogP contribution < -0.4 is 0 Å². The van der Waals surface area contributed by atoms with E-state index in [2.05, 4.69) is 0 Å². The molecular weight excluding hydrogens is 375 g/mol. The van der Waals surface area contributed by atoms with E-state index in [1.54, 1.807) is 14.0 Å². The van der Waals surface area contributed by atoms with Gasteiger partial charge in [0.25, 0.3) is 7.59 Å². The van der Waals surface area contributed by atoms with Gasteiger partial charge in [-0.3, -0.25) is 4.57 Å². The third kappa shape index (κ3) is 8.56. The molecule has 16 heavy (non-hydrogen) atoms. The van der Waals surface area contributed by atoms with Crippen LogP contribution in [0.3, 0.4) is 0 Å². The second kappa shape index (κ2) is 7.82. The van der Waals surface area contributed by atoms with Crippen LogP contribution in [0.25, 0.3) is 0 Å². The monoisotopic (exact) mass is 399 g/mol. The fourth-order valence-electron chi connectivity index (χ4n) is 1.07. The van der Waals surface area contributed by atoms with Gasteiger partial charge in [0, 0.05) is 0 Å². The zero-order chi connectivity index (χ0) is 13.7. The van der Waals surface area contributed by atoms with Crippen LogP contribution in [0.1, 0.15) is 0 Å². The molecule has 0 aliphatic rings. The Hall–Kier alpha value is 1.49. The molecule has 0 rings (SSSR count). The zero-order valence-corrected chi connectivity index (χ0v) is 16.7. The molecule has 0 aliphatic carbocycles. The van der Waals surface area contributed by atoms with E-state index in [0.29, 0.717) is 0 Å². The normalized spacial score (nSPS) is 13.1. The van der Waals surface area contributed by atoms with Crippen LogP contribution in [0.4, 0.5) is 0 Å². The van der Waals surface area contributed by atoms with E-state index in [4.69, 9.17) is 17.8 Å². The van der Waals surface area contributed by atoms with E-state index in [-0.39, 0.29) is 0 Å². The minimum atomic E-state index is -2.44. The molecule has 0 aromatic heterocycles. The van der Waals surface area contributed by atoms with Crippen LogP contribution in [0.5, 0.6) is 0 Å². The molecule has 0 heterocycles. The summed E-state index contributed by atoms with van der Waals surface area (Å²) in [5, 5.41) is 0. The summed E-state index contributed by atoms with van der Waals surface area (Å²) in [5.74, 6) is 0. The second-order valence-electron chi connectivity index (χ2n) is 4.38. The minimum absolute atomic E-state index is 1.74. The van der Waals surface area contributed by atoms with Gasteiger partial charge in [0.2, 0.25) is 0 Å². The van der Waals surface area contributed by atoms with Crippen molar-refractivity contribution >= 4 is 41.6 Å². The van der Waals surface area contributed by atoms with Gasteiger partial charge in [0.05, 0.1) is 0 Å². The molecule has 0 saturated carbocycles. The molecule has 0 atom stereocenters. The van der Waals surface area contributed by atoms with E-state index >= 15 is 0 Å². The van der Waals surface area contributed by atoms with Gasteiger partial charge in [-0.2, -0.15) is 0 Å². The van der Waals surface area contributed by atoms with Crippen LogP contribution in [-0.4, -0.2) is 72.4 Å². The first kappa shape index (κ1) is 19.8. The van der Waals surface area contributed by atoms with Crippen LogP contribution in [0.2, 0.25) is 9.88 Å². The fraction of sp³-hybridized carbons (Fsp3) is 1.00. The molecule has 0 aromatic rings. The van der Waals surface area contributed by atoms with Crippen molar-refractivity contribution in [3.63, 3.8) is 0 Å². The van der Waals surface area contributed by atoms with E-state index in [1.807, 2.05) is 52.2 Å². The third-order valence-corrected chi connectivity index (χ3v) is 4.69. The van der Waals surface area contributed by atoms with Crippen molar-refractivity contribution in [3.8, 4) is 0 Å². The van der Waals surface area contributed by atoms with Gasteiger partial charge in [-0.15, -0.1) is 0 Å². The van der Waals surface area contributed by atoms with Crippen LogP contribution in [0, 0.1) is 0 Å². The van der Waals surface area contributed by atoms with E-state index in [1.165, 1.54) is 0 Å². The van der Waals surface area contributed by atoms with Crippen molar-refractivity contribution in [2.24, 2.45) is 0 Å². The molecule has 0 radical (unpaired) electrons. The molecular formula is C8H24Cl2N3OPSn. The Bertz CT molecular complexity index is 209. The molecule has 0 aliphatic heterocycles. The molecule has 0 fully saturated rings. The Morgan fingerprint density at radius 3 is 0.938 bits per heavy atom. The summed E-state index contributed by atoms with van der Waals surface area (Å²) < 4.78 is 17.3. The van der Waals surface area contributed by atoms with Gasteiger partial charge in [0.15, 0.2) is 0 Å². The second-order valence-corrected chi connectivity index (χ2v) is 29.4. The maximum absolute atomic E-state index is 12.1. The first-order valence-electron chi connectivity index (χ1n) is 4.84. The number of hydrogen-bond acceptors (Lipinski definition) is 1. The maximum atomic E-state index is 12.1.